The van der Waals surface area contributed by atoms with E-state index in [1.807, 2.05) is 47.4 Å². The molecule has 2 aromatic rings. The van der Waals surface area contributed by atoms with Crippen LogP contribution < -0.4 is 10.2 Å². The molecule has 2 aliphatic heterocycles. The Kier molecular flexibility index (Phi) is 4.62. The molecule has 1 atom stereocenters. The Bertz CT molecular complexity index is 733. The van der Waals surface area contributed by atoms with Crippen molar-refractivity contribution < 1.29 is 4.79 Å². The van der Waals surface area contributed by atoms with E-state index in [1.165, 1.54) is 11.1 Å². The molecule has 1 N–H and O–H groups in total. The van der Waals surface area contributed by atoms with Gasteiger partial charge in [0, 0.05) is 35.3 Å². The van der Waals surface area contributed by atoms with Gasteiger partial charge in [0.15, 0.2) is 0 Å². The fourth-order valence-electron chi connectivity index (χ4n) is 3.57. The molecule has 0 saturated carbocycles. The Morgan fingerprint density at radius 1 is 1.17 bits per heavy atom. The Morgan fingerprint density at radius 3 is 2.74 bits per heavy atom. The average Bonchev–Trinajstić information content (AvgIpc) is 2.78. The van der Waals surface area contributed by atoms with Crippen LogP contribution in [0.3, 0.4) is 0 Å². The van der Waals surface area contributed by atoms with Crippen LogP contribution in [0.4, 0.5) is 5.69 Å². The zero-order chi connectivity index (χ0) is 15.1. The summed E-state index contributed by atoms with van der Waals surface area (Å²) in [6.45, 7) is 2.57. The highest BCUT2D eigenvalue weighted by molar-refractivity contribution is 6.31. The first kappa shape index (κ1) is 16.3. The number of halogens is 2. The molecule has 2 aromatic carbocycles. The molecular formula is C18H18Cl2N2O. The summed E-state index contributed by atoms with van der Waals surface area (Å²) in [5.74, 6) is 0.400. The third-order valence-corrected chi connectivity index (χ3v) is 4.94. The lowest BCUT2D eigenvalue weighted by Crippen LogP contribution is -2.32. The number of nitrogens with one attached hydrogen (secondary N) is 1. The largest absolute Gasteiger partial charge is 0.316 e. The zero-order valence-electron chi connectivity index (χ0n) is 12.6. The fourth-order valence-corrected chi connectivity index (χ4v) is 3.83. The van der Waals surface area contributed by atoms with Crippen molar-refractivity contribution in [3.05, 3.63) is 64.2 Å². The van der Waals surface area contributed by atoms with Crippen LogP contribution in [0, 0.1) is 0 Å². The van der Waals surface area contributed by atoms with Gasteiger partial charge in [-0.2, -0.15) is 0 Å². The first-order chi connectivity index (χ1) is 10.8. The number of amides is 1. The van der Waals surface area contributed by atoms with Crippen molar-refractivity contribution in [2.24, 2.45) is 0 Å². The SMILES string of the molecule is Cl.O=C(c1ccccc1)N1CC2CNCCc3c(Cl)ccc1c32. The van der Waals surface area contributed by atoms with Gasteiger partial charge in [0.2, 0.25) is 0 Å². The van der Waals surface area contributed by atoms with E-state index in [4.69, 9.17) is 11.6 Å². The summed E-state index contributed by atoms with van der Waals surface area (Å²) in [5, 5.41) is 4.28. The molecule has 0 saturated heterocycles. The lowest BCUT2D eigenvalue weighted by Gasteiger charge is -2.19. The van der Waals surface area contributed by atoms with Crippen molar-refractivity contribution in [1.82, 2.24) is 5.32 Å². The van der Waals surface area contributed by atoms with Crippen molar-refractivity contribution in [3.63, 3.8) is 0 Å². The van der Waals surface area contributed by atoms with Crippen LogP contribution in [0.25, 0.3) is 0 Å². The summed E-state index contributed by atoms with van der Waals surface area (Å²) in [6.07, 6.45) is 0.922. The highest BCUT2D eigenvalue weighted by Crippen LogP contribution is 2.42. The van der Waals surface area contributed by atoms with Crippen molar-refractivity contribution in [2.45, 2.75) is 12.3 Å². The molecule has 1 unspecified atom stereocenters. The lowest BCUT2D eigenvalue weighted by atomic mass is 9.95. The molecule has 120 valence electrons. The van der Waals surface area contributed by atoms with Crippen molar-refractivity contribution in [2.75, 3.05) is 24.5 Å². The zero-order valence-corrected chi connectivity index (χ0v) is 14.2. The smallest absolute Gasteiger partial charge is 0.258 e. The molecule has 0 bridgehead atoms. The molecule has 0 radical (unpaired) electrons. The van der Waals surface area contributed by atoms with E-state index in [1.54, 1.807) is 0 Å². The minimum absolute atomic E-state index is 0. The number of carbonyl (C=O) groups excluding carboxylic acids is 1. The van der Waals surface area contributed by atoms with Gasteiger partial charge in [-0.15, -0.1) is 12.4 Å². The molecule has 5 heteroatoms. The summed E-state index contributed by atoms with van der Waals surface area (Å²) in [7, 11) is 0. The molecular weight excluding hydrogens is 331 g/mol. The Hall–Kier alpha value is -1.55. The van der Waals surface area contributed by atoms with Gasteiger partial charge in [-0.05, 0) is 48.4 Å². The molecule has 23 heavy (non-hydrogen) atoms. The minimum atomic E-state index is 0. The highest BCUT2D eigenvalue weighted by atomic mass is 35.5. The summed E-state index contributed by atoms with van der Waals surface area (Å²) in [5.41, 5.74) is 4.23. The molecule has 0 fully saturated rings. The topological polar surface area (TPSA) is 32.3 Å². The monoisotopic (exact) mass is 348 g/mol. The van der Waals surface area contributed by atoms with Crippen molar-refractivity contribution in [1.29, 1.82) is 0 Å². The third-order valence-electron chi connectivity index (χ3n) is 4.59. The van der Waals surface area contributed by atoms with Crippen LogP contribution in [0.15, 0.2) is 42.5 Å². The van der Waals surface area contributed by atoms with Crippen LogP contribution in [0.5, 0.6) is 0 Å². The number of carbonyl (C=O) groups is 1. The van der Waals surface area contributed by atoms with Crippen LogP contribution in [-0.4, -0.2) is 25.5 Å². The van der Waals surface area contributed by atoms with Crippen LogP contribution in [0.1, 0.15) is 27.4 Å². The number of rotatable bonds is 1. The van der Waals surface area contributed by atoms with E-state index >= 15 is 0 Å². The molecule has 2 aliphatic rings. The van der Waals surface area contributed by atoms with Crippen LogP contribution in [0.2, 0.25) is 5.02 Å². The number of benzene rings is 2. The quantitative estimate of drug-likeness (QED) is 0.852. The van der Waals surface area contributed by atoms with Gasteiger partial charge in [0.05, 0.1) is 0 Å². The van der Waals surface area contributed by atoms with E-state index in [9.17, 15) is 4.79 Å². The molecule has 0 aromatic heterocycles. The van der Waals surface area contributed by atoms with Crippen molar-refractivity contribution >= 4 is 35.6 Å². The minimum Gasteiger partial charge on any atom is -0.316 e. The van der Waals surface area contributed by atoms with Gasteiger partial charge < -0.3 is 10.2 Å². The van der Waals surface area contributed by atoms with Gasteiger partial charge >= 0.3 is 0 Å². The average molecular weight is 349 g/mol. The van der Waals surface area contributed by atoms with Crippen LogP contribution >= 0.6 is 24.0 Å². The molecule has 2 heterocycles. The fraction of sp³-hybridized carbons (Fsp3) is 0.278. The van der Waals surface area contributed by atoms with Gasteiger partial charge in [-0.3, -0.25) is 4.79 Å². The van der Waals surface area contributed by atoms with Crippen molar-refractivity contribution in [3.8, 4) is 0 Å². The maximum absolute atomic E-state index is 12.8. The second-order valence-corrected chi connectivity index (χ2v) is 6.30. The predicted octanol–water partition coefficient (Wildman–Crippen LogP) is 3.65. The van der Waals surface area contributed by atoms with Crippen LogP contribution in [-0.2, 0) is 6.42 Å². The number of nitrogens with zero attached hydrogens (tertiary/aromatic N) is 1. The second-order valence-electron chi connectivity index (χ2n) is 5.89. The van der Waals surface area contributed by atoms with E-state index in [0.717, 1.165) is 42.3 Å². The van der Waals surface area contributed by atoms with E-state index < -0.39 is 0 Å². The Balaban J connectivity index is 0.00000156. The standard InChI is InChI=1S/C18H17ClN2O.ClH/c19-15-6-7-16-17-13(10-20-9-8-14(15)17)11-21(16)18(22)12-4-2-1-3-5-12;/h1-7,13,20H,8-11H2;1H. The number of hydrogen-bond acceptors (Lipinski definition) is 2. The maximum atomic E-state index is 12.8. The third kappa shape index (κ3) is 2.74. The first-order valence-corrected chi connectivity index (χ1v) is 8.02. The summed E-state index contributed by atoms with van der Waals surface area (Å²) in [6, 6.07) is 13.4. The lowest BCUT2D eigenvalue weighted by molar-refractivity contribution is 0.0988. The van der Waals surface area contributed by atoms with Gasteiger partial charge in [0.1, 0.15) is 0 Å². The van der Waals surface area contributed by atoms with Gasteiger partial charge in [-0.1, -0.05) is 29.8 Å². The predicted molar refractivity (Wildman–Crippen MR) is 96.1 cm³/mol. The molecule has 0 aliphatic carbocycles. The van der Waals surface area contributed by atoms with E-state index in [0.29, 0.717) is 5.92 Å². The molecule has 0 spiro atoms. The highest BCUT2D eigenvalue weighted by Gasteiger charge is 2.36. The van der Waals surface area contributed by atoms with Gasteiger partial charge in [0.25, 0.3) is 5.91 Å². The van der Waals surface area contributed by atoms with E-state index in [2.05, 4.69) is 5.32 Å². The molecule has 4 rings (SSSR count). The molecule has 3 nitrogen and oxygen atoms in total. The Morgan fingerprint density at radius 2 is 1.96 bits per heavy atom. The number of hydrogen-bond donors (Lipinski definition) is 1. The van der Waals surface area contributed by atoms with Gasteiger partial charge in [-0.25, -0.2) is 0 Å². The van der Waals surface area contributed by atoms with E-state index in [-0.39, 0.29) is 18.3 Å². The summed E-state index contributed by atoms with van der Waals surface area (Å²) in [4.78, 5) is 14.8. The Labute approximate surface area is 147 Å². The molecule has 1 amide bonds. The summed E-state index contributed by atoms with van der Waals surface area (Å²) >= 11 is 6.39. The first-order valence-electron chi connectivity index (χ1n) is 7.64. The normalized spacial score (nSPS) is 18.8. The second kappa shape index (κ2) is 6.52. The summed E-state index contributed by atoms with van der Waals surface area (Å²) < 4.78 is 0. The number of anilines is 1. The maximum Gasteiger partial charge on any atom is 0.258 e.